The maximum Gasteiger partial charge on any atom is 1.00 e. The second-order valence-corrected chi connectivity index (χ2v) is 1.70. The minimum Gasteiger partial charge on any atom is -0.548 e. The van der Waals surface area contributed by atoms with Crippen LogP contribution in [-0.4, -0.2) is 30.6 Å². The van der Waals surface area contributed by atoms with Crippen molar-refractivity contribution < 1.29 is 123 Å². The van der Waals surface area contributed by atoms with E-state index in [0.29, 0.717) is 0 Å². The number of ether oxygens (including phenoxy) is 1. The smallest absolute Gasteiger partial charge is 0.548 e. The molecular weight excluding hydrogens is 241 g/mol. The van der Waals surface area contributed by atoms with E-state index in [4.69, 9.17) is 0 Å². The van der Waals surface area contributed by atoms with E-state index in [-0.39, 0.29) is 88.7 Å². The third-order valence-electron chi connectivity index (χ3n) is 0.796. The van der Waals surface area contributed by atoms with Crippen molar-refractivity contribution in [3.63, 3.8) is 0 Å². The van der Waals surface area contributed by atoms with Gasteiger partial charge in [0.25, 0.3) is 0 Å². The number of carboxylic acid groups (broad SMARTS) is 3. The van der Waals surface area contributed by atoms with Crippen LogP contribution < -0.4 is 104 Å². The molecule has 0 aromatic rings. The van der Waals surface area contributed by atoms with Crippen LogP contribution in [0.5, 0.6) is 0 Å². The third kappa shape index (κ3) is 13.3. The number of hydrogen-bond acceptors (Lipinski definition) is 7. The van der Waals surface area contributed by atoms with Crippen molar-refractivity contribution in [1.29, 1.82) is 0 Å². The van der Waals surface area contributed by atoms with Crippen LogP contribution in [0.15, 0.2) is 0 Å². The Morgan fingerprint density at radius 3 is 1.47 bits per heavy atom. The molecule has 15 heavy (non-hydrogen) atoms. The molecule has 0 aromatic heterocycles. The number of carboxylic acids is 3. The molecule has 0 amide bonds. The van der Waals surface area contributed by atoms with Gasteiger partial charge in [0.15, 0.2) is 0 Å². The molecular formula is C5H3Na3O7. The van der Waals surface area contributed by atoms with E-state index >= 15 is 0 Å². The zero-order chi connectivity index (χ0) is 9.72. The molecule has 0 saturated carbocycles. The first kappa shape index (κ1) is 25.3. The minimum atomic E-state index is -2.39. The minimum absolute atomic E-state index is 0. The Kier molecular flexibility index (Phi) is 22.6. The Bertz CT molecular complexity index is 205. The maximum absolute atomic E-state index is 9.88. The van der Waals surface area contributed by atoms with Gasteiger partial charge in [-0.1, -0.05) is 0 Å². The van der Waals surface area contributed by atoms with Gasteiger partial charge in [-0.3, -0.25) is 0 Å². The third-order valence-corrected chi connectivity index (χ3v) is 0.796. The van der Waals surface area contributed by atoms with Crippen LogP contribution >= 0.6 is 0 Å². The van der Waals surface area contributed by atoms with Gasteiger partial charge >= 0.3 is 88.7 Å². The Hall–Kier alpha value is 1.37. The van der Waals surface area contributed by atoms with E-state index in [0.717, 1.165) is 0 Å². The normalized spacial score (nSPS) is 7.80. The van der Waals surface area contributed by atoms with Crippen LogP contribution in [0.1, 0.15) is 0 Å². The second-order valence-electron chi connectivity index (χ2n) is 1.70. The van der Waals surface area contributed by atoms with Gasteiger partial charge in [0.05, 0.1) is 24.5 Å². The summed E-state index contributed by atoms with van der Waals surface area (Å²) in [5.74, 6) is -5.88. The zero-order valence-corrected chi connectivity index (χ0v) is 14.6. The Morgan fingerprint density at radius 1 is 0.933 bits per heavy atom. The molecule has 0 aromatic carbocycles. The molecule has 0 aliphatic rings. The molecule has 0 saturated heterocycles. The van der Waals surface area contributed by atoms with Gasteiger partial charge in [-0.25, -0.2) is 0 Å². The summed E-state index contributed by atoms with van der Waals surface area (Å²) in [5, 5.41) is 29.5. The molecule has 0 aliphatic carbocycles. The van der Waals surface area contributed by atoms with E-state index in [9.17, 15) is 29.7 Å². The molecule has 10 heteroatoms. The number of rotatable bonds is 5. The van der Waals surface area contributed by atoms with Gasteiger partial charge in [0.2, 0.25) is 0 Å². The quantitative estimate of drug-likeness (QED) is 0.346. The first-order chi connectivity index (χ1) is 5.45. The molecule has 0 unspecified atom stereocenters. The summed E-state index contributed by atoms with van der Waals surface area (Å²) in [6.07, 6.45) is -2.39. The molecule has 0 radical (unpaired) electrons. The Labute approximate surface area is 151 Å². The summed E-state index contributed by atoms with van der Waals surface area (Å²) in [6.45, 7) is -1.15. The van der Waals surface area contributed by atoms with Crippen LogP contribution in [0.25, 0.3) is 0 Å². The summed E-state index contributed by atoms with van der Waals surface area (Å²) in [7, 11) is 0. The van der Waals surface area contributed by atoms with Crippen molar-refractivity contribution in [1.82, 2.24) is 0 Å². The molecule has 0 fully saturated rings. The average molecular weight is 244 g/mol. The van der Waals surface area contributed by atoms with E-state index in [1.165, 1.54) is 0 Å². The molecule has 0 rings (SSSR count). The second kappa shape index (κ2) is 13.4. The Morgan fingerprint density at radius 2 is 1.27 bits per heavy atom. The van der Waals surface area contributed by atoms with Crippen LogP contribution in [-0.2, 0) is 19.1 Å². The van der Waals surface area contributed by atoms with Crippen molar-refractivity contribution in [2.75, 3.05) is 6.61 Å². The average Bonchev–Trinajstić information content (AvgIpc) is 1.84. The SMILES string of the molecule is O=C([O-])COC(C(=O)[O-])C(=O)[O-].[Na+].[Na+].[Na+]. The van der Waals surface area contributed by atoms with E-state index in [2.05, 4.69) is 4.74 Å². The molecule has 0 aliphatic heterocycles. The summed E-state index contributed by atoms with van der Waals surface area (Å²) in [4.78, 5) is 29.5. The Balaban J connectivity index is -0.000000202. The van der Waals surface area contributed by atoms with E-state index in [1.54, 1.807) is 0 Å². The van der Waals surface area contributed by atoms with Crippen molar-refractivity contribution in [3.8, 4) is 0 Å². The monoisotopic (exact) mass is 244 g/mol. The van der Waals surface area contributed by atoms with Crippen molar-refractivity contribution in [3.05, 3.63) is 0 Å². The fourth-order valence-corrected chi connectivity index (χ4v) is 0.384. The van der Waals surface area contributed by atoms with Gasteiger partial charge < -0.3 is 34.4 Å². The van der Waals surface area contributed by atoms with Gasteiger partial charge in [0.1, 0.15) is 6.10 Å². The van der Waals surface area contributed by atoms with Crippen LogP contribution in [0.4, 0.5) is 0 Å². The standard InChI is InChI=1S/C5H6O7.3Na/c6-2(7)1-12-3(4(8)9)5(10)11;;;/h3H,1H2,(H,6,7)(H,8,9)(H,10,11);;;/q;3*+1/p-3. The summed E-state index contributed by atoms with van der Waals surface area (Å²) in [5.41, 5.74) is 0. The molecule has 68 valence electrons. The van der Waals surface area contributed by atoms with Crippen LogP contribution in [0.3, 0.4) is 0 Å². The summed E-state index contributed by atoms with van der Waals surface area (Å²) < 4.78 is 3.84. The number of aliphatic carboxylic acids is 3. The van der Waals surface area contributed by atoms with Crippen molar-refractivity contribution in [2.24, 2.45) is 0 Å². The van der Waals surface area contributed by atoms with Gasteiger partial charge in [-0.05, 0) is 0 Å². The topological polar surface area (TPSA) is 130 Å². The molecule has 0 bridgehead atoms. The summed E-state index contributed by atoms with van der Waals surface area (Å²) in [6, 6.07) is 0. The zero-order valence-electron chi connectivity index (χ0n) is 8.64. The predicted molar refractivity (Wildman–Crippen MR) is 24.8 cm³/mol. The molecule has 0 spiro atoms. The molecule has 0 N–H and O–H groups in total. The molecule has 7 nitrogen and oxygen atoms in total. The van der Waals surface area contributed by atoms with Crippen molar-refractivity contribution in [2.45, 2.75) is 6.10 Å². The van der Waals surface area contributed by atoms with E-state index < -0.39 is 30.6 Å². The first-order valence-electron chi connectivity index (χ1n) is 2.68. The largest absolute Gasteiger partial charge is 1.00 e. The number of carbonyl (C=O) groups is 3. The number of hydrogen-bond donors (Lipinski definition) is 0. The molecule has 0 atom stereocenters. The van der Waals surface area contributed by atoms with Crippen LogP contribution in [0, 0.1) is 0 Å². The van der Waals surface area contributed by atoms with Gasteiger partial charge in [-0.2, -0.15) is 0 Å². The van der Waals surface area contributed by atoms with E-state index in [1.807, 2.05) is 0 Å². The van der Waals surface area contributed by atoms with Crippen LogP contribution in [0.2, 0.25) is 0 Å². The van der Waals surface area contributed by atoms with Gasteiger partial charge in [0, 0.05) is 0 Å². The number of carbonyl (C=O) groups excluding carboxylic acids is 3. The first-order valence-corrected chi connectivity index (χ1v) is 2.68. The fourth-order valence-electron chi connectivity index (χ4n) is 0.384. The van der Waals surface area contributed by atoms with Crippen molar-refractivity contribution >= 4 is 17.9 Å². The fraction of sp³-hybridized carbons (Fsp3) is 0.400. The maximum atomic E-state index is 9.88. The predicted octanol–water partition coefficient (Wildman–Crippen LogP) is -14.4. The molecule has 0 heterocycles. The van der Waals surface area contributed by atoms with Gasteiger partial charge in [-0.15, -0.1) is 0 Å². The summed E-state index contributed by atoms with van der Waals surface area (Å²) >= 11 is 0.